The maximum Gasteiger partial charge on any atom is 0.335 e. The molecule has 1 aliphatic heterocycles. The van der Waals surface area contributed by atoms with Gasteiger partial charge in [-0.2, -0.15) is 5.26 Å². The van der Waals surface area contributed by atoms with Crippen molar-refractivity contribution in [1.29, 1.82) is 5.26 Å². The molecule has 25 heavy (non-hydrogen) atoms. The standard InChI is InChI=1S/C20H17FN2O2/c21-18-12-14(3-8-19(18)23-9-1-2-10-23)11-17(13-22)15-4-6-16(7-5-15)20(24)25/h3-8,11-12H,1-2,9-10H2,(H,24,25)/b17-11-. The molecule has 4 nitrogen and oxygen atoms in total. The van der Waals surface area contributed by atoms with Crippen LogP contribution in [0.15, 0.2) is 42.5 Å². The predicted octanol–water partition coefficient (Wildman–Crippen LogP) is 4.19. The fourth-order valence-electron chi connectivity index (χ4n) is 2.97. The molecule has 126 valence electrons. The fraction of sp³-hybridized carbons (Fsp3) is 0.200. The smallest absolute Gasteiger partial charge is 0.335 e. The highest BCUT2D eigenvalue weighted by Crippen LogP contribution is 2.26. The van der Waals surface area contributed by atoms with Gasteiger partial charge in [0.15, 0.2) is 0 Å². The summed E-state index contributed by atoms with van der Waals surface area (Å²) in [4.78, 5) is 12.9. The number of allylic oxidation sites excluding steroid dienone is 1. The zero-order valence-corrected chi connectivity index (χ0v) is 13.6. The predicted molar refractivity (Wildman–Crippen MR) is 94.7 cm³/mol. The number of rotatable bonds is 4. The second-order valence-corrected chi connectivity index (χ2v) is 5.96. The van der Waals surface area contributed by atoms with E-state index >= 15 is 0 Å². The molecular formula is C20H17FN2O2. The summed E-state index contributed by atoms with van der Waals surface area (Å²) < 4.78 is 14.4. The molecule has 2 aromatic rings. The second kappa shape index (κ2) is 7.18. The van der Waals surface area contributed by atoms with Gasteiger partial charge in [-0.3, -0.25) is 0 Å². The number of benzene rings is 2. The van der Waals surface area contributed by atoms with Gasteiger partial charge in [-0.25, -0.2) is 9.18 Å². The SMILES string of the molecule is N#C/C(=C/c1ccc(N2CCCC2)c(F)c1)c1ccc(C(=O)O)cc1. The van der Waals surface area contributed by atoms with Gasteiger partial charge in [0.1, 0.15) is 5.82 Å². The van der Waals surface area contributed by atoms with E-state index in [1.807, 2.05) is 4.90 Å². The Morgan fingerprint density at radius 2 is 1.76 bits per heavy atom. The van der Waals surface area contributed by atoms with E-state index in [1.165, 1.54) is 18.2 Å². The molecule has 0 amide bonds. The number of nitriles is 1. The number of carboxylic acids is 1. The largest absolute Gasteiger partial charge is 0.478 e. The molecule has 0 unspecified atom stereocenters. The van der Waals surface area contributed by atoms with Crippen LogP contribution in [0.1, 0.15) is 34.3 Å². The monoisotopic (exact) mass is 336 g/mol. The molecule has 0 aliphatic carbocycles. The molecule has 0 atom stereocenters. The van der Waals surface area contributed by atoms with Gasteiger partial charge in [0.25, 0.3) is 0 Å². The Morgan fingerprint density at radius 3 is 2.32 bits per heavy atom. The first-order chi connectivity index (χ1) is 12.1. The minimum absolute atomic E-state index is 0.155. The van der Waals surface area contributed by atoms with Crippen LogP contribution in [0.2, 0.25) is 0 Å². The van der Waals surface area contributed by atoms with Crippen LogP contribution < -0.4 is 4.90 Å². The van der Waals surface area contributed by atoms with Gasteiger partial charge in [0, 0.05) is 13.1 Å². The van der Waals surface area contributed by atoms with Crippen molar-refractivity contribution in [2.24, 2.45) is 0 Å². The third-order valence-electron chi connectivity index (χ3n) is 4.29. The van der Waals surface area contributed by atoms with Gasteiger partial charge in [-0.15, -0.1) is 0 Å². The molecule has 2 aromatic carbocycles. The van der Waals surface area contributed by atoms with Crippen LogP contribution in [0.4, 0.5) is 10.1 Å². The number of nitrogens with zero attached hydrogens (tertiary/aromatic N) is 2. The molecule has 1 saturated heterocycles. The van der Waals surface area contributed by atoms with Crippen LogP contribution in [-0.4, -0.2) is 24.2 Å². The third-order valence-corrected chi connectivity index (χ3v) is 4.29. The third kappa shape index (κ3) is 3.69. The lowest BCUT2D eigenvalue weighted by Crippen LogP contribution is -2.18. The van der Waals surface area contributed by atoms with Crippen LogP contribution in [-0.2, 0) is 0 Å². The first kappa shape index (κ1) is 16.7. The molecule has 1 N–H and O–H groups in total. The number of hydrogen-bond donors (Lipinski definition) is 1. The van der Waals surface area contributed by atoms with Gasteiger partial charge in [0.2, 0.25) is 0 Å². The molecule has 0 aromatic heterocycles. The Morgan fingerprint density at radius 1 is 1.12 bits per heavy atom. The first-order valence-corrected chi connectivity index (χ1v) is 8.08. The van der Waals surface area contributed by atoms with E-state index in [2.05, 4.69) is 6.07 Å². The lowest BCUT2D eigenvalue weighted by atomic mass is 10.0. The van der Waals surface area contributed by atoms with E-state index in [0.29, 0.717) is 22.4 Å². The molecule has 1 fully saturated rings. The number of halogens is 1. The van der Waals surface area contributed by atoms with E-state index in [-0.39, 0.29) is 11.4 Å². The Balaban J connectivity index is 1.88. The molecule has 3 rings (SSSR count). The topological polar surface area (TPSA) is 64.3 Å². The summed E-state index contributed by atoms with van der Waals surface area (Å²) in [5.74, 6) is -1.32. The quantitative estimate of drug-likeness (QED) is 0.672. The maximum atomic E-state index is 14.4. The molecule has 0 radical (unpaired) electrons. The van der Waals surface area contributed by atoms with Crippen molar-refractivity contribution in [2.45, 2.75) is 12.8 Å². The lowest BCUT2D eigenvalue weighted by Gasteiger charge is -2.18. The van der Waals surface area contributed by atoms with E-state index < -0.39 is 5.97 Å². The molecular weight excluding hydrogens is 319 g/mol. The van der Waals surface area contributed by atoms with E-state index in [0.717, 1.165) is 25.9 Å². The molecule has 0 bridgehead atoms. The molecule has 0 spiro atoms. The molecule has 0 saturated carbocycles. The van der Waals surface area contributed by atoms with Gasteiger partial charge in [-0.1, -0.05) is 18.2 Å². The summed E-state index contributed by atoms with van der Waals surface area (Å²) in [5.41, 5.74) is 2.29. The lowest BCUT2D eigenvalue weighted by molar-refractivity contribution is 0.0697. The second-order valence-electron chi connectivity index (χ2n) is 5.96. The Bertz CT molecular complexity index is 860. The van der Waals surface area contributed by atoms with Crippen molar-refractivity contribution in [1.82, 2.24) is 0 Å². The van der Waals surface area contributed by atoms with Crippen LogP contribution in [0.5, 0.6) is 0 Å². The highest BCUT2D eigenvalue weighted by atomic mass is 19.1. The number of hydrogen-bond acceptors (Lipinski definition) is 3. The van der Waals surface area contributed by atoms with Crippen molar-refractivity contribution in [2.75, 3.05) is 18.0 Å². The zero-order chi connectivity index (χ0) is 17.8. The summed E-state index contributed by atoms with van der Waals surface area (Å²) in [5, 5.41) is 18.3. The Labute approximate surface area is 145 Å². The fourth-order valence-corrected chi connectivity index (χ4v) is 2.97. The summed E-state index contributed by atoms with van der Waals surface area (Å²) in [6.07, 6.45) is 3.75. The van der Waals surface area contributed by atoms with Crippen molar-refractivity contribution in [3.8, 4) is 6.07 Å². The minimum Gasteiger partial charge on any atom is -0.478 e. The molecule has 1 heterocycles. The normalized spacial score (nSPS) is 14.4. The van der Waals surface area contributed by atoms with E-state index in [4.69, 9.17) is 5.11 Å². The van der Waals surface area contributed by atoms with Gasteiger partial charge < -0.3 is 10.0 Å². The van der Waals surface area contributed by atoms with Crippen LogP contribution in [0.25, 0.3) is 11.6 Å². The average molecular weight is 336 g/mol. The van der Waals surface area contributed by atoms with Crippen molar-refractivity contribution < 1.29 is 14.3 Å². The van der Waals surface area contributed by atoms with Crippen molar-refractivity contribution in [3.63, 3.8) is 0 Å². The summed E-state index contributed by atoms with van der Waals surface area (Å²) >= 11 is 0. The Hall–Kier alpha value is -3.13. The molecule has 5 heteroatoms. The summed E-state index contributed by atoms with van der Waals surface area (Å²) in [6, 6.07) is 13.1. The highest BCUT2D eigenvalue weighted by Gasteiger charge is 2.16. The van der Waals surface area contributed by atoms with Crippen LogP contribution >= 0.6 is 0 Å². The summed E-state index contributed by atoms with van der Waals surface area (Å²) in [6.45, 7) is 1.73. The Kier molecular flexibility index (Phi) is 4.80. The molecule has 1 aliphatic rings. The zero-order valence-electron chi connectivity index (χ0n) is 13.6. The van der Waals surface area contributed by atoms with Crippen molar-refractivity contribution in [3.05, 3.63) is 65.0 Å². The first-order valence-electron chi connectivity index (χ1n) is 8.08. The average Bonchev–Trinajstić information content (AvgIpc) is 3.14. The van der Waals surface area contributed by atoms with E-state index in [1.54, 1.807) is 30.3 Å². The number of carboxylic acid groups (broad SMARTS) is 1. The van der Waals surface area contributed by atoms with Gasteiger partial charge >= 0.3 is 5.97 Å². The number of carbonyl (C=O) groups is 1. The number of anilines is 1. The van der Waals surface area contributed by atoms with Gasteiger partial charge in [-0.05, 0) is 54.3 Å². The summed E-state index contributed by atoms with van der Waals surface area (Å²) in [7, 11) is 0. The van der Waals surface area contributed by atoms with Crippen LogP contribution in [0, 0.1) is 17.1 Å². The van der Waals surface area contributed by atoms with Crippen molar-refractivity contribution >= 4 is 23.3 Å². The van der Waals surface area contributed by atoms with Gasteiger partial charge in [0.05, 0.1) is 22.9 Å². The minimum atomic E-state index is -1.02. The number of aromatic carboxylic acids is 1. The maximum absolute atomic E-state index is 14.4. The highest BCUT2D eigenvalue weighted by molar-refractivity contribution is 5.92. The van der Waals surface area contributed by atoms with E-state index in [9.17, 15) is 14.4 Å². The van der Waals surface area contributed by atoms with Crippen LogP contribution in [0.3, 0.4) is 0 Å².